The Morgan fingerprint density at radius 2 is 2.05 bits per heavy atom. The Kier molecular flexibility index (Phi) is 6.44. The van der Waals surface area contributed by atoms with Crippen LogP contribution in [0.2, 0.25) is 0 Å². The Balaban J connectivity index is 2.57. The molecular weight excluding hydrogens is 350 g/mol. The van der Waals surface area contributed by atoms with Crippen molar-refractivity contribution in [2.24, 2.45) is 0 Å². The Hall–Kier alpha value is -2.00. The highest BCUT2D eigenvalue weighted by Crippen LogP contribution is 2.16. The van der Waals surface area contributed by atoms with Gasteiger partial charge in [-0.1, -0.05) is 27.8 Å². The van der Waals surface area contributed by atoms with E-state index in [4.69, 9.17) is 9.84 Å². The summed E-state index contributed by atoms with van der Waals surface area (Å²) in [6.07, 6.45) is -0.104. The molecule has 0 fully saturated rings. The van der Waals surface area contributed by atoms with Crippen molar-refractivity contribution < 1.29 is 19.4 Å². The molecule has 0 bridgehead atoms. The molecule has 118 valence electrons. The number of carboxylic acids is 1. The Morgan fingerprint density at radius 3 is 2.64 bits per heavy atom. The predicted octanol–water partition coefficient (Wildman–Crippen LogP) is 3.41. The Bertz CT molecular complexity index is 623. The number of hydrogen-bond acceptors (Lipinski definition) is 3. The summed E-state index contributed by atoms with van der Waals surface area (Å²) in [7, 11) is 0. The topological polar surface area (TPSA) is 75.6 Å². The van der Waals surface area contributed by atoms with Gasteiger partial charge in [-0.25, -0.2) is 9.59 Å². The van der Waals surface area contributed by atoms with E-state index in [2.05, 4.69) is 33.1 Å². The molecule has 5 nitrogen and oxygen atoms in total. The largest absolute Gasteiger partial charge is 0.478 e. The molecule has 22 heavy (non-hydrogen) atoms. The highest BCUT2D eigenvalue weighted by Gasteiger charge is 2.15. The lowest BCUT2D eigenvalue weighted by atomic mass is 10.1. The highest BCUT2D eigenvalue weighted by atomic mass is 79.9. The number of nitrogens with one attached hydrogen (secondary N) is 1. The number of aromatic carboxylic acids is 1. The summed E-state index contributed by atoms with van der Waals surface area (Å²) in [4.78, 5) is 22.5. The third-order valence-electron chi connectivity index (χ3n) is 2.35. The third-order valence-corrected chi connectivity index (χ3v) is 2.85. The highest BCUT2D eigenvalue weighted by molar-refractivity contribution is 9.10. The molecule has 0 saturated heterocycles. The van der Waals surface area contributed by atoms with E-state index in [0.29, 0.717) is 18.5 Å². The average molecular weight is 368 g/mol. The molecule has 1 amide bonds. The molecule has 0 aromatic heterocycles. The van der Waals surface area contributed by atoms with E-state index >= 15 is 0 Å². The van der Waals surface area contributed by atoms with E-state index < -0.39 is 17.7 Å². The molecule has 0 aliphatic heterocycles. The van der Waals surface area contributed by atoms with Gasteiger partial charge < -0.3 is 15.2 Å². The number of carboxylic acid groups (broad SMARTS) is 1. The lowest BCUT2D eigenvalue weighted by Gasteiger charge is -2.19. The second-order valence-electron chi connectivity index (χ2n) is 5.48. The van der Waals surface area contributed by atoms with Crippen LogP contribution in [0.25, 0.3) is 0 Å². The summed E-state index contributed by atoms with van der Waals surface area (Å²) in [5, 5.41) is 11.7. The van der Waals surface area contributed by atoms with Gasteiger partial charge >= 0.3 is 12.1 Å². The first-order valence-electron chi connectivity index (χ1n) is 6.67. The minimum Gasteiger partial charge on any atom is -0.478 e. The molecule has 2 N–H and O–H groups in total. The summed E-state index contributed by atoms with van der Waals surface area (Å²) < 4.78 is 5.84. The smallest absolute Gasteiger partial charge is 0.407 e. The zero-order valence-electron chi connectivity index (χ0n) is 12.7. The first-order chi connectivity index (χ1) is 10.2. The van der Waals surface area contributed by atoms with Crippen LogP contribution in [0.5, 0.6) is 0 Å². The maximum atomic E-state index is 11.4. The van der Waals surface area contributed by atoms with E-state index in [1.54, 1.807) is 32.9 Å². The van der Waals surface area contributed by atoms with Crippen molar-refractivity contribution in [1.82, 2.24) is 5.32 Å². The van der Waals surface area contributed by atoms with E-state index in [9.17, 15) is 9.59 Å². The molecule has 0 aliphatic carbocycles. The zero-order valence-corrected chi connectivity index (χ0v) is 14.3. The van der Waals surface area contributed by atoms with E-state index in [0.717, 1.165) is 4.47 Å². The van der Waals surface area contributed by atoms with Crippen molar-refractivity contribution in [2.75, 3.05) is 6.54 Å². The van der Waals surface area contributed by atoms with Gasteiger partial charge in [0.25, 0.3) is 0 Å². The molecule has 0 unspecified atom stereocenters. The maximum Gasteiger partial charge on any atom is 0.407 e. The fraction of sp³-hybridized carbons (Fsp3) is 0.375. The zero-order chi connectivity index (χ0) is 16.8. The third kappa shape index (κ3) is 6.64. The maximum absolute atomic E-state index is 11.4. The first-order valence-corrected chi connectivity index (χ1v) is 7.47. The van der Waals surface area contributed by atoms with Crippen LogP contribution in [-0.4, -0.2) is 29.3 Å². The summed E-state index contributed by atoms with van der Waals surface area (Å²) in [6.45, 7) is 5.69. The van der Waals surface area contributed by atoms with E-state index in [1.807, 2.05) is 0 Å². The number of carbonyl (C=O) groups excluding carboxylic acids is 1. The number of benzene rings is 1. The molecule has 1 aromatic carbocycles. The molecule has 6 heteroatoms. The van der Waals surface area contributed by atoms with Crippen molar-refractivity contribution in [3.05, 3.63) is 33.8 Å². The van der Waals surface area contributed by atoms with Crippen LogP contribution < -0.4 is 5.32 Å². The monoisotopic (exact) mass is 367 g/mol. The SMILES string of the molecule is CC(C)(C)OC(=O)NCCC#Cc1cc(Br)ccc1C(=O)O. The lowest BCUT2D eigenvalue weighted by Crippen LogP contribution is -2.32. The van der Waals surface area contributed by atoms with Crippen LogP contribution in [0.4, 0.5) is 4.79 Å². The van der Waals surface area contributed by atoms with Crippen molar-refractivity contribution >= 4 is 28.0 Å². The van der Waals surface area contributed by atoms with Crippen LogP contribution in [0.15, 0.2) is 22.7 Å². The standard InChI is InChI=1S/C16H18BrNO4/c1-16(2,3)22-15(21)18-9-5-4-6-11-10-12(17)7-8-13(11)14(19)20/h7-8,10H,5,9H2,1-3H3,(H,18,21)(H,19,20). The Morgan fingerprint density at radius 1 is 1.36 bits per heavy atom. The second kappa shape index (κ2) is 7.85. The molecule has 0 radical (unpaired) electrons. The first kappa shape index (κ1) is 18.1. The molecule has 0 heterocycles. The molecule has 0 atom stereocenters. The fourth-order valence-corrected chi connectivity index (χ4v) is 1.87. The molecule has 0 spiro atoms. The predicted molar refractivity (Wildman–Crippen MR) is 86.8 cm³/mol. The summed E-state index contributed by atoms with van der Waals surface area (Å²) in [5.41, 5.74) is 0.0394. The normalized spacial score (nSPS) is 10.4. The van der Waals surface area contributed by atoms with Crippen LogP contribution in [0.3, 0.4) is 0 Å². The van der Waals surface area contributed by atoms with Gasteiger partial charge in [-0.15, -0.1) is 0 Å². The van der Waals surface area contributed by atoms with Crippen molar-refractivity contribution in [3.63, 3.8) is 0 Å². The Labute approximate surface area is 138 Å². The van der Waals surface area contributed by atoms with Crippen LogP contribution in [0.1, 0.15) is 43.1 Å². The molecule has 0 saturated carbocycles. The van der Waals surface area contributed by atoms with Crippen molar-refractivity contribution in [1.29, 1.82) is 0 Å². The number of amides is 1. The number of ether oxygens (including phenoxy) is 1. The van der Waals surface area contributed by atoms with Crippen LogP contribution in [0, 0.1) is 11.8 Å². The fourth-order valence-electron chi connectivity index (χ4n) is 1.51. The van der Waals surface area contributed by atoms with Gasteiger partial charge in [0.15, 0.2) is 0 Å². The van der Waals surface area contributed by atoms with Gasteiger partial charge in [0.05, 0.1) is 5.56 Å². The minimum absolute atomic E-state index is 0.149. The molecule has 1 rings (SSSR count). The van der Waals surface area contributed by atoms with Gasteiger partial charge in [0, 0.05) is 23.0 Å². The van der Waals surface area contributed by atoms with Crippen LogP contribution in [-0.2, 0) is 4.74 Å². The van der Waals surface area contributed by atoms with Gasteiger partial charge in [-0.3, -0.25) is 0 Å². The molecule has 0 aliphatic rings. The average Bonchev–Trinajstić information content (AvgIpc) is 2.35. The number of alkyl carbamates (subject to hydrolysis) is 1. The molecular formula is C16H18BrNO4. The van der Waals surface area contributed by atoms with Gasteiger partial charge in [-0.05, 0) is 39.0 Å². The number of carbonyl (C=O) groups is 2. The van der Waals surface area contributed by atoms with Crippen molar-refractivity contribution in [3.8, 4) is 11.8 Å². The summed E-state index contributed by atoms with van der Waals surface area (Å²) in [5.74, 6) is 4.62. The number of halogens is 1. The van der Waals surface area contributed by atoms with Crippen LogP contribution >= 0.6 is 15.9 Å². The van der Waals surface area contributed by atoms with Gasteiger partial charge in [-0.2, -0.15) is 0 Å². The quantitative estimate of drug-likeness (QED) is 0.633. The number of hydrogen-bond donors (Lipinski definition) is 2. The van der Waals surface area contributed by atoms with Gasteiger partial charge in [0.2, 0.25) is 0 Å². The van der Waals surface area contributed by atoms with Crippen molar-refractivity contribution in [2.45, 2.75) is 32.8 Å². The minimum atomic E-state index is -1.02. The summed E-state index contributed by atoms with van der Waals surface area (Å²) >= 11 is 3.28. The molecule has 1 aromatic rings. The lowest BCUT2D eigenvalue weighted by molar-refractivity contribution is 0.0528. The van der Waals surface area contributed by atoms with E-state index in [1.165, 1.54) is 6.07 Å². The van der Waals surface area contributed by atoms with Gasteiger partial charge in [0.1, 0.15) is 5.60 Å². The second-order valence-corrected chi connectivity index (χ2v) is 6.39. The summed E-state index contributed by atoms with van der Waals surface area (Å²) in [6, 6.07) is 4.80. The van der Waals surface area contributed by atoms with E-state index in [-0.39, 0.29) is 5.56 Å². The number of rotatable bonds is 3.